The number of carbonyl (C=O) groups excluding carboxylic acids is 2. The van der Waals surface area contributed by atoms with E-state index in [0.717, 1.165) is 24.3 Å². The van der Waals surface area contributed by atoms with E-state index < -0.39 is 15.9 Å². The lowest BCUT2D eigenvalue weighted by atomic mass is 10.0. The summed E-state index contributed by atoms with van der Waals surface area (Å²) in [7, 11) is -3.54. The van der Waals surface area contributed by atoms with Gasteiger partial charge in [-0.25, -0.2) is 8.42 Å². The summed E-state index contributed by atoms with van der Waals surface area (Å²) in [6.07, 6.45) is 2.56. The maximum absolute atomic E-state index is 12.9. The topological polar surface area (TPSA) is 113 Å². The van der Waals surface area contributed by atoms with Gasteiger partial charge in [-0.2, -0.15) is 4.31 Å². The van der Waals surface area contributed by atoms with Crippen LogP contribution in [0.5, 0.6) is 0 Å². The first-order chi connectivity index (χ1) is 15.3. The van der Waals surface area contributed by atoms with Crippen LogP contribution in [0.4, 0.5) is 10.8 Å². The molecule has 0 spiro atoms. The van der Waals surface area contributed by atoms with Crippen molar-refractivity contribution in [3.8, 4) is 0 Å². The number of carbonyl (C=O) groups is 2. The molecule has 4 rings (SSSR count). The van der Waals surface area contributed by atoms with Crippen LogP contribution in [0.25, 0.3) is 0 Å². The molecule has 0 saturated carbocycles. The van der Waals surface area contributed by atoms with Crippen molar-refractivity contribution in [3.05, 3.63) is 29.3 Å². The van der Waals surface area contributed by atoms with Crippen LogP contribution in [0.2, 0.25) is 0 Å². The van der Waals surface area contributed by atoms with Crippen LogP contribution in [-0.2, 0) is 26.0 Å². The Morgan fingerprint density at radius 1 is 1.19 bits per heavy atom. The van der Waals surface area contributed by atoms with Crippen LogP contribution in [0.1, 0.15) is 38.1 Å². The van der Waals surface area contributed by atoms with Gasteiger partial charge in [0.25, 0.3) is 0 Å². The van der Waals surface area contributed by atoms with E-state index >= 15 is 0 Å². The van der Waals surface area contributed by atoms with Crippen molar-refractivity contribution in [1.29, 1.82) is 0 Å². The highest BCUT2D eigenvalue weighted by Crippen LogP contribution is 2.29. The van der Waals surface area contributed by atoms with E-state index in [1.165, 1.54) is 32.7 Å². The Balaban J connectivity index is 1.41. The molecule has 0 unspecified atom stereocenters. The minimum atomic E-state index is -3.54. The Morgan fingerprint density at radius 2 is 1.88 bits per heavy atom. The molecule has 3 heterocycles. The maximum atomic E-state index is 12.9. The number of rotatable bonds is 6. The van der Waals surface area contributed by atoms with Gasteiger partial charge in [-0.05, 0) is 49.4 Å². The first kappa shape index (κ1) is 22.8. The molecule has 172 valence electrons. The second-order valence-corrected chi connectivity index (χ2v) is 11.3. The van der Waals surface area contributed by atoms with E-state index in [-0.39, 0.29) is 29.7 Å². The van der Waals surface area contributed by atoms with Gasteiger partial charge in [-0.1, -0.05) is 25.2 Å². The lowest BCUT2D eigenvalue weighted by Crippen LogP contribution is -2.37. The summed E-state index contributed by atoms with van der Waals surface area (Å²) in [6, 6.07) is 6.35. The lowest BCUT2D eigenvalue weighted by Gasteiger charge is -2.29. The van der Waals surface area contributed by atoms with Crippen LogP contribution in [0, 0.1) is 11.8 Å². The molecule has 0 radical (unpaired) electrons. The molecule has 1 N–H and O–H groups in total. The summed E-state index contributed by atoms with van der Waals surface area (Å²) < 4.78 is 27.4. The number of sulfonamides is 1. The van der Waals surface area contributed by atoms with Gasteiger partial charge in [-0.15, -0.1) is 10.2 Å². The van der Waals surface area contributed by atoms with Crippen molar-refractivity contribution in [2.24, 2.45) is 11.8 Å². The van der Waals surface area contributed by atoms with Gasteiger partial charge in [0.15, 0.2) is 0 Å². The molecule has 0 aliphatic carbocycles. The molecule has 1 aromatic carbocycles. The minimum Gasteiger partial charge on any atom is -0.312 e. The molecular weight excluding hydrogens is 450 g/mol. The number of benzene rings is 1. The van der Waals surface area contributed by atoms with Crippen LogP contribution in [-0.4, -0.2) is 54.4 Å². The summed E-state index contributed by atoms with van der Waals surface area (Å²) >= 11 is 1.32. The van der Waals surface area contributed by atoms with Crippen LogP contribution >= 0.6 is 11.3 Å². The number of aromatic nitrogens is 2. The van der Waals surface area contributed by atoms with E-state index in [2.05, 4.69) is 22.4 Å². The van der Waals surface area contributed by atoms with Crippen molar-refractivity contribution in [3.63, 3.8) is 0 Å². The third-order valence-corrected chi connectivity index (χ3v) is 8.92. The van der Waals surface area contributed by atoms with Gasteiger partial charge < -0.3 is 10.2 Å². The Hall–Kier alpha value is -2.37. The van der Waals surface area contributed by atoms with Crippen molar-refractivity contribution >= 4 is 44.0 Å². The molecule has 9 nitrogen and oxygen atoms in total. The van der Waals surface area contributed by atoms with Gasteiger partial charge in [0.05, 0.1) is 10.8 Å². The number of hydrogen-bond acceptors (Lipinski definition) is 7. The Bertz CT molecular complexity index is 1090. The molecule has 1 aromatic heterocycles. The van der Waals surface area contributed by atoms with Crippen molar-refractivity contribution in [2.75, 3.05) is 29.9 Å². The van der Waals surface area contributed by atoms with E-state index in [1.54, 1.807) is 12.1 Å². The molecule has 2 aliphatic rings. The van der Waals surface area contributed by atoms with Gasteiger partial charge in [0, 0.05) is 31.7 Å². The minimum absolute atomic E-state index is 0.0945. The van der Waals surface area contributed by atoms with Crippen molar-refractivity contribution < 1.29 is 18.0 Å². The molecule has 2 fully saturated rings. The molecule has 2 aliphatic heterocycles. The summed E-state index contributed by atoms with van der Waals surface area (Å²) in [5, 5.41) is 11.9. The number of piperidine rings is 1. The summed E-state index contributed by atoms with van der Waals surface area (Å²) in [5.41, 5.74) is 0.584. The van der Waals surface area contributed by atoms with Crippen LogP contribution in [0.15, 0.2) is 29.2 Å². The predicted molar refractivity (Wildman–Crippen MR) is 122 cm³/mol. The molecule has 32 heavy (non-hydrogen) atoms. The quantitative estimate of drug-likeness (QED) is 0.684. The number of amides is 2. The fourth-order valence-electron chi connectivity index (χ4n) is 3.96. The van der Waals surface area contributed by atoms with Crippen LogP contribution in [0.3, 0.4) is 0 Å². The van der Waals surface area contributed by atoms with Gasteiger partial charge in [-0.3, -0.25) is 9.59 Å². The largest absolute Gasteiger partial charge is 0.312 e. The van der Waals surface area contributed by atoms with E-state index in [4.69, 9.17) is 0 Å². The Kier molecular flexibility index (Phi) is 6.59. The molecular formula is C21H27N5O4S2. The Morgan fingerprint density at radius 3 is 2.50 bits per heavy atom. The number of hydrogen-bond donors (Lipinski definition) is 1. The third kappa shape index (κ3) is 4.69. The van der Waals surface area contributed by atoms with Gasteiger partial charge >= 0.3 is 0 Å². The number of anilines is 2. The van der Waals surface area contributed by atoms with E-state index in [1.807, 2.05) is 6.92 Å². The molecule has 2 saturated heterocycles. The molecule has 0 bridgehead atoms. The summed E-state index contributed by atoms with van der Waals surface area (Å²) in [4.78, 5) is 26.9. The summed E-state index contributed by atoms with van der Waals surface area (Å²) in [6.45, 7) is 5.39. The number of nitrogens with one attached hydrogen (secondary N) is 1. The Labute approximate surface area is 191 Å². The summed E-state index contributed by atoms with van der Waals surface area (Å²) in [5.74, 6) is -0.401. The fourth-order valence-corrected chi connectivity index (χ4v) is 6.11. The lowest BCUT2D eigenvalue weighted by molar-refractivity contribution is -0.122. The second-order valence-electron chi connectivity index (χ2n) is 8.33. The van der Waals surface area contributed by atoms with Gasteiger partial charge in [0.1, 0.15) is 5.01 Å². The smallest absolute Gasteiger partial charge is 0.243 e. The van der Waals surface area contributed by atoms with E-state index in [0.29, 0.717) is 29.8 Å². The van der Waals surface area contributed by atoms with E-state index in [9.17, 15) is 18.0 Å². The molecule has 2 aromatic rings. The maximum Gasteiger partial charge on any atom is 0.243 e. The fraction of sp³-hybridized carbons (Fsp3) is 0.524. The predicted octanol–water partition coefficient (Wildman–Crippen LogP) is 2.51. The standard InChI is InChI=1S/C21H27N5O4S2/c1-3-18-23-24-21(31-18)22-20(28)15-12-19(27)26(13-15)16-4-6-17(7-5-16)32(29,30)25-10-8-14(2)9-11-25/h4-7,14-15H,3,8-13H2,1-2H3,(H,22,24,28)/t15-/m0/s1. The first-order valence-electron chi connectivity index (χ1n) is 10.8. The normalized spacial score (nSPS) is 20.6. The zero-order valence-electron chi connectivity index (χ0n) is 18.2. The zero-order valence-corrected chi connectivity index (χ0v) is 19.8. The number of nitrogens with zero attached hydrogens (tertiary/aromatic N) is 4. The highest BCUT2D eigenvalue weighted by atomic mass is 32.2. The molecule has 2 amide bonds. The van der Waals surface area contributed by atoms with Crippen LogP contribution < -0.4 is 10.2 Å². The highest BCUT2D eigenvalue weighted by molar-refractivity contribution is 7.89. The second kappa shape index (κ2) is 9.24. The molecule has 11 heteroatoms. The average molecular weight is 478 g/mol. The highest BCUT2D eigenvalue weighted by Gasteiger charge is 2.36. The molecule has 1 atom stereocenters. The van der Waals surface area contributed by atoms with Gasteiger partial charge in [0.2, 0.25) is 27.0 Å². The van der Waals surface area contributed by atoms with Crippen molar-refractivity contribution in [1.82, 2.24) is 14.5 Å². The average Bonchev–Trinajstić information content (AvgIpc) is 3.40. The SMILES string of the molecule is CCc1nnc(NC(=O)[C@H]2CC(=O)N(c3ccc(S(=O)(=O)N4CCC(C)CC4)cc3)C2)s1. The van der Waals surface area contributed by atoms with Crippen molar-refractivity contribution in [2.45, 2.75) is 44.4 Å². The third-order valence-electron chi connectivity index (χ3n) is 6.02. The monoisotopic (exact) mass is 477 g/mol. The zero-order chi connectivity index (χ0) is 22.9. The first-order valence-corrected chi connectivity index (χ1v) is 13.1. The number of aryl methyl sites for hydroxylation is 1.